The smallest absolute Gasteiger partial charge is 0.310 e. The molecule has 7 heteroatoms. The third-order valence-corrected chi connectivity index (χ3v) is 6.89. The van der Waals surface area contributed by atoms with E-state index in [9.17, 15) is 18.3 Å². The third-order valence-electron chi connectivity index (χ3n) is 5.01. The van der Waals surface area contributed by atoms with E-state index in [-0.39, 0.29) is 29.8 Å². The molecule has 1 heterocycles. The number of aliphatic carboxylic acids is 1. The number of hydrogen-bond donors (Lipinski definition) is 2. The SMILES string of the molecule is CCC(C)(C)c1ccc(S(=O)(=O)N2CC[C@H](O)[C@@H](C(=O)O)C2)cc1. The molecule has 0 saturated carbocycles. The summed E-state index contributed by atoms with van der Waals surface area (Å²) in [4.78, 5) is 11.3. The second-order valence-electron chi connectivity index (χ2n) is 6.93. The summed E-state index contributed by atoms with van der Waals surface area (Å²) in [6.07, 6.45) is 0.0438. The van der Waals surface area contributed by atoms with Crippen molar-refractivity contribution >= 4 is 16.0 Å². The van der Waals surface area contributed by atoms with Crippen LogP contribution in [0, 0.1) is 5.92 Å². The largest absolute Gasteiger partial charge is 0.481 e. The molecule has 24 heavy (non-hydrogen) atoms. The molecule has 134 valence electrons. The molecule has 0 radical (unpaired) electrons. The molecular weight excluding hydrogens is 330 g/mol. The van der Waals surface area contributed by atoms with E-state index < -0.39 is 28.0 Å². The number of carboxylic acids is 1. The second kappa shape index (κ2) is 6.82. The molecule has 1 aliphatic rings. The average Bonchev–Trinajstić information content (AvgIpc) is 2.55. The molecule has 1 aromatic rings. The van der Waals surface area contributed by atoms with Gasteiger partial charge in [0.05, 0.1) is 16.9 Å². The number of piperidine rings is 1. The van der Waals surface area contributed by atoms with Crippen molar-refractivity contribution in [3.63, 3.8) is 0 Å². The van der Waals surface area contributed by atoms with Crippen LogP contribution in [0.2, 0.25) is 0 Å². The highest BCUT2D eigenvalue weighted by Crippen LogP contribution is 2.29. The highest BCUT2D eigenvalue weighted by Gasteiger charge is 2.38. The summed E-state index contributed by atoms with van der Waals surface area (Å²) in [7, 11) is -3.76. The number of hydrogen-bond acceptors (Lipinski definition) is 4. The highest BCUT2D eigenvalue weighted by molar-refractivity contribution is 7.89. The number of carbonyl (C=O) groups is 1. The van der Waals surface area contributed by atoms with Crippen molar-refractivity contribution in [1.29, 1.82) is 0 Å². The van der Waals surface area contributed by atoms with Gasteiger partial charge in [-0.3, -0.25) is 4.79 Å². The normalized spacial score (nSPS) is 23.2. The van der Waals surface area contributed by atoms with Crippen molar-refractivity contribution in [2.75, 3.05) is 13.1 Å². The Bertz CT molecular complexity index is 696. The van der Waals surface area contributed by atoms with Gasteiger partial charge in [0.25, 0.3) is 0 Å². The van der Waals surface area contributed by atoms with Gasteiger partial charge >= 0.3 is 5.97 Å². The van der Waals surface area contributed by atoms with E-state index in [0.717, 1.165) is 16.3 Å². The Hall–Kier alpha value is -1.44. The first-order chi connectivity index (χ1) is 11.1. The van der Waals surface area contributed by atoms with E-state index >= 15 is 0 Å². The molecule has 2 N–H and O–H groups in total. The number of aliphatic hydroxyl groups is 1. The van der Waals surface area contributed by atoms with Crippen molar-refractivity contribution in [2.24, 2.45) is 5.92 Å². The minimum atomic E-state index is -3.76. The van der Waals surface area contributed by atoms with Gasteiger partial charge in [0.2, 0.25) is 10.0 Å². The first-order valence-corrected chi connectivity index (χ1v) is 9.55. The molecule has 0 bridgehead atoms. The maximum Gasteiger partial charge on any atom is 0.310 e. The molecule has 1 fully saturated rings. The van der Waals surface area contributed by atoms with Crippen molar-refractivity contribution in [1.82, 2.24) is 4.31 Å². The number of aliphatic hydroxyl groups excluding tert-OH is 1. The Kier molecular flexibility index (Phi) is 5.37. The zero-order chi connectivity index (χ0) is 18.1. The van der Waals surface area contributed by atoms with Gasteiger partial charge in [0.15, 0.2) is 0 Å². The summed E-state index contributed by atoms with van der Waals surface area (Å²) >= 11 is 0. The lowest BCUT2D eigenvalue weighted by atomic mass is 9.82. The number of carboxylic acid groups (broad SMARTS) is 1. The van der Waals surface area contributed by atoms with Crippen LogP contribution in [0.5, 0.6) is 0 Å². The molecule has 0 aliphatic carbocycles. The minimum Gasteiger partial charge on any atom is -0.481 e. The number of benzene rings is 1. The van der Waals surface area contributed by atoms with Crippen LogP contribution in [0.15, 0.2) is 29.2 Å². The summed E-state index contributed by atoms with van der Waals surface area (Å²) in [6.45, 7) is 6.19. The topological polar surface area (TPSA) is 94.9 Å². The van der Waals surface area contributed by atoms with Crippen LogP contribution in [0.4, 0.5) is 0 Å². The van der Waals surface area contributed by atoms with Crippen LogP contribution < -0.4 is 0 Å². The molecule has 6 nitrogen and oxygen atoms in total. The summed E-state index contributed by atoms with van der Waals surface area (Å²) < 4.78 is 26.6. The molecule has 2 rings (SSSR count). The number of rotatable bonds is 5. The first-order valence-electron chi connectivity index (χ1n) is 8.11. The van der Waals surface area contributed by atoms with E-state index in [2.05, 4.69) is 20.8 Å². The zero-order valence-electron chi connectivity index (χ0n) is 14.3. The molecule has 0 unspecified atom stereocenters. The van der Waals surface area contributed by atoms with Crippen LogP contribution in [0.25, 0.3) is 0 Å². The van der Waals surface area contributed by atoms with Crippen molar-refractivity contribution < 1.29 is 23.4 Å². The van der Waals surface area contributed by atoms with E-state index in [1.54, 1.807) is 12.1 Å². The predicted octanol–water partition coefficient (Wildman–Crippen LogP) is 1.83. The van der Waals surface area contributed by atoms with Gasteiger partial charge < -0.3 is 10.2 Å². The Morgan fingerprint density at radius 3 is 2.38 bits per heavy atom. The van der Waals surface area contributed by atoms with Crippen molar-refractivity contribution in [2.45, 2.75) is 50.0 Å². The predicted molar refractivity (Wildman–Crippen MR) is 90.3 cm³/mol. The summed E-state index contributed by atoms with van der Waals surface area (Å²) in [5, 5.41) is 18.9. The van der Waals surface area contributed by atoms with Crippen LogP contribution in [-0.4, -0.2) is 48.1 Å². The molecular formula is C17H25NO5S. The maximum absolute atomic E-state index is 12.7. The van der Waals surface area contributed by atoms with Gasteiger partial charge in [-0.2, -0.15) is 4.31 Å². The molecule has 1 aliphatic heterocycles. The number of sulfonamides is 1. The van der Waals surface area contributed by atoms with Gasteiger partial charge in [-0.05, 0) is 36.0 Å². The van der Waals surface area contributed by atoms with Crippen molar-refractivity contribution in [3.05, 3.63) is 29.8 Å². The Morgan fingerprint density at radius 2 is 1.88 bits per heavy atom. The van der Waals surface area contributed by atoms with E-state index in [1.807, 2.05) is 12.1 Å². The Balaban J connectivity index is 2.26. The summed E-state index contributed by atoms with van der Waals surface area (Å²) in [6, 6.07) is 6.76. The van der Waals surface area contributed by atoms with Crippen LogP contribution in [-0.2, 0) is 20.2 Å². The summed E-state index contributed by atoms with van der Waals surface area (Å²) in [5.41, 5.74) is 1.02. The van der Waals surface area contributed by atoms with Crippen molar-refractivity contribution in [3.8, 4) is 0 Å². The molecule has 1 saturated heterocycles. The number of nitrogens with zero attached hydrogens (tertiary/aromatic N) is 1. The fourth-order valence-corrected chi connectivity index (χ4v) is 4.28. The van der Waals surface area contributed by atoms with Crippen LogP contribution in [0.3, 0.4) is 0 Å². The van der Waals surface area contributed by atoms with E-state index in [1.165, 1.54) is 0 Å². The fraction of sp³-hybridized carbons (Fsp3) is 0.588. The first kappa shape index (κ1) is 18.9. The maximum atomic E-state index is 12.7. The van der Waals surface area contributed by atoms with Gasteiger partial charge in [-0.25, -0.2) is 8.42 Å². The fourth-order valence-electron chi connectivity index (χ4n) is 2.80. The van der Waals surface area contributed by atoms with Gasteiger partial charge in [0.1, 0.15) is 0 Å². The molecule has 0 aromatic heterocycles. The lowest BCUT2D eigenvalue weighted by molar-refractivity contribution is -0.147. The Morgan fingerprint density at radius 1 is 1.29 bits per heavy atom. The standard InChI is InChI=1S/C17H25NO5S/c1-4-17(2,3)12-5-7-13(8-6-12)24(22,23)18-10-9-15(19)14(11-18)16(20)21/h5-8,14-15,19H,4,9-11H2,1-3H3,(H,20,21)/t14-,15-/m0/s1. The van der Waals surface area contributed by atoms with E-state index in [4.69, 9.17) is 5.11 Å². The molecule has 2 atom stereocenters. The monoisotopic (exact) mass is 355 g/mol. The molecule has 0 amide bonds. The molecule has 1 aromatic carbocycles. The quantitative estimate of drug-likeness (QED) is 0.840. The van der Waals surface area contributed by atoms with Gasteiger partial charge in [0, 0.05) is 13.1 Å². The Labute approximate surface area is 143 Å². The lowest BCUT2D eigenvalue weighted by Crippen LogP contribution is -2.48. The van der Waals surface area contributed by atoms with E-state index in [0.29, 0.717) is 0 Å². The van der Waals surface area contributed by atoms with Crippen LogP contribution in [0.1, 0.15) is 39.2 Å². The lowest BCUT2D eigenvalue weighted by Gasteiger charge is -2.33. The van der Waals surface area contributed by atoms with Gasteiger partial charge in [-0.15, -0.1) is 0 Å². The van der Waals surface area contributed by atoms with Crippen LogP contribution >= 0.6 is 0 Å². The second-order valence-corrected chi connectivity index (χ2v) is 8.86. The van der Waals surface area contributed by atoms with Gasteiger partial charge in [-0.1, -0.05) is 32.9 Å². The average molecular weight is 355 g/mol. The molecule has 0 spiro atoms. The summed E-state index contributed by atoms with van der Waals surface area (Å²) in [5.74, 6) is -2.27. The highest BCUT2D eigenvalue weighted by atomic mass is 32.2. The minimum absolute atomic E-state index is 0.0358. The zero-order valence-corrected chi connectivity index (χ0v) is 15.1. The third kappa shape index (κ3) is 3.63.